The van der Waals surface area contributed by atoms with Crippen molar-refractivity contribution < 1.29 is 13.9 Å². The van der Waals surface area contributed by atoms with E-state index in [0.29, 0.717) is 12.2 Å². The molecule has 1 aliphatic heterocycles. The van der Waals surface area contributed by atoms with Gasteiger partial charge in [0.25, 0.3) is 5.91 Å². The number of rotatable bonds is 4. The van der Waals surface area contributed by atoms with Crippen molar-refractivity contribution >= 4 is 5.91 Å². The molecule has 2 heterocycles. The molecule has 22 heavy (non-hydrogen) atoms. The Bertz CT molecular complexity index is 680. The molecule has 0 bridgehead atoms. The molecule has 1 aliphatic rings. The first-order valence-corrected chi connectivity index (χ1v) is 7.22. The highest BCUT2D eigenvalue weighted by molar-refractivity contribution is 5.91. The standard InChI is InChI=1S/C15H17FN4O2/c1-10-7-11(16)4-5-14(10)20-9-13(18-19-20)15(21)17-8-12-3-2-6-22-12/h4-5,7,9,12H,2-3,6,8H2,1H3,(H,17,21). The van der Waals surface area contributed by atoms with Crippen LogP contribution in [0.5, 0.6) is 0 Å². The molecule has 0 aliphatic carbocycles. The fourth-order valence-corrected chi connectivity index (χ4v) is 2.46. The van der Waals surface area contributed by atoms with Crippen molar-refractivity contribution in [1.29, 1.82) is 0 Å². The minimum atomic E-state index is -0.309. The van der Waals surface area contributed by atoms with Crippen LogP contribution in [0.15, 0.2) is 24.4 Å². The first kappa shape index (κ1) is 14.6. The SMILES string of the molecule is Cc1cc(F)ccc1-n1cc(C(=O)NCC2CCCO2)nn1. The van der Waals surface area contributed by atoms with Gasteiger partial charge in [-0.05, 0) is 43.5 Å². The molecule has 1 saturated heterocycles. The van der Waals surface area contributed by atoms with Gasteiger partial charge in [-0.2, -0.15) is 0 Å². The number of aryl methyl sites for hydroxylation is 1. The lowest BCUT2D eigenvalue weighted by Crippen LogP contribution is -2.31. The summed E-state index contributed by atoms with van der Waals surface area (Å²) in [6.45, 7) is 3.00. The van der Waals surface area contributed by atoms with Crippen LogP contribution in [0, 0.1) is 12.7 Å². The van der Waals surface area contributed by atoms with Crippen LogP contribution in [0.4, 0.5) is 4.39 Å². The number of aromatic nitrogens is 3. The van der Waals surface area contributed by atoms with E-state index in [1.165, 1.54) is 23.0 Å². The van der Waals surface area contributed by atoms with E-state index in [4.69, 9.17) is 4.74 Å². The minimum Gasteiger partial charge on any atom is -0.376 e. The van der Waals surface area contributed by atoms with Crippen molar-refractivity contribution in [2.45, 2.75) is 25.9 Å². The number of benzene rings is 1. The Hall–Kier alpha value is -2.28. The number of amides is 1. The topological polar surface area (TPSA) is 69.0 Å². The molecule has 1 amide bonds. The molecule has 1 fully saturated rings. The number of nitrogens with one attached hydrogen (secondary N) is 1. The van der Waals surface area contributed by atoms with Gasteiger partial charge < -0.3 is 10.1 Å². The van der Waals surface area contributed by atoms with Crippen molar-refractivity contribution in [3.05, 3.63) is 41.5 Å². The number of hydrogen-bond acceptors (Lipinski definition) is 4. The van der Waals surface area contributed by atoms with Gasteiger partial charge in [0.2, 0.25) is 0 Å². The van der Waals surface area contributed by atoms with Gasteiger partial charge in [0.05, 0.1) is 18.0 Å². The summed E-state index contributed by atoms with van der Waals surface area (Å²) in [5.74, 6) is -0.600. The summed E-state index contributed by atoms with van der Waals surface area (Å²) >= 11 is 0. The molecular weight excluding hydrogens is 287 g/mol. The number of halogens is 1. The quantitative estimate of drug-likeness (QED) is 0.932. The molecule has 1 unspecified atom stereocenters. The van der Waals surface area contributed by atoms with Gasteiger partial charge >= 0.3 is 0 Å². The van der Waals surface area contributed by atoms with Crippen LogP contribution in [0.1, 0.15) is 28.9 Å². The maximum Gasteiger partial charge on any atom is 0.273 e. The average Bonchev–Trinajstić information content (AvgIpc) is 3.16. The molecule has 1 N–H and O–H groups in total. The van der Waals surface area contributed by atoms with Crippen LogP contribution in [-0.4, -0.2) is 40.2 Å². The van der Waals surface area contributed by atoms with E-state index in [1.807, 2.05) is 0 Å². The Kier molecular flexibility index (Phi) is 4.15. The zero-order valence-electron chi connectivity index (χ0n) is 12.3. The second kappa shape index (κ2) is 6.23. The zero-order valence-corrected chi connectivity index (χ0v) is 12.3. The summed E-state index contributed by atoms with van der Waals surface area (Å²) in [7, 11) is 0. The summed E-state index contributed by atoms with van der Waals surface area (Å²) in [6, 6.07) is 4.36. The molecule has 116 valence electrons. The van der Waals surface area contributed by atoms with E-state index in [2.05, 4.69) is 15.6 Å². The van der Waals surface area contributed by atoms with Gasteiger partial charge in [-0.3, -0.25) is 4.79 Å². The molecule has 0 radical (unpaired) electrons. The molecule has 1 aromatic heterocycles. The Labute approximate surface area is 127 Å². The third kappa shape index (κ3) is 3.14. The van der Waals surface area contributed by atoms with Crippen LogP contribution in [0.25, 0.3) is 5.69 Å². The van der Waals surface area contributed by atoms with E-state index in [-0.39, 0.29) is 23.5 Å². The van der Waals surface area contributed by atoms with Crippen LogP contribution < -0.4 is 5.32 Å². The predicted molar refractivity (Wildman–Crippen MR) is 77.4 cm³/mol. The minimum absolute atomic E-state index is 0.0818. The summed E-state index contributed by atoms with van der Waals surface area (Å²) in [5, 5.41) is 10.6. The Morgan fingerprint density at radius 1 is 1.55 bits per heavy atom. The van der Waals surface area contributed by atoms with Crippen molar-refractivity contribution in [2.24, 2.45) is 0 Å². The monoisotopic (exact) mass is 304 g/mol. The Morgan fingerprint density at radius 3 is 3.14 bits per heavy atom. The molecule has 1 aromatic carbocycles. The van der Waals surface area contributed by atoms with Crippen LogP contribution >= 0.6 is 0 Å². The van der Waals surface area contributed by atoms with E-state index in [9.17, 15) is 9.18 Å². The number of carbonyl (C=O) groups excluding carboxylic acids is 1. The number of ether oxygens (including phenoxy) is 1. The van der Waals surface area contributed by atoms with Crippen molar-refractivity contribution in [3.8, 4) is 5.69 Å². The molecule has 6 nitrogen and oxygen atoms in total. The van der Waals surface area contributed by atoms with Gasteiger partial charge in [0.1, 0.15) is 5.82 Å². The summed E-state index contributed by atoms with van der Waals surface area (Å²) in [6.07, 6.45) is 3.60. The van der Waals surface area contributed by atoms with Crippen LogP contribution in [0.2, 0.25) is 0 Å². The smallest absolute Gasteiger partial charge is 0.273 e. The third-order valence-corrected chi connectivity index (χ3v) is 3.65. The molecule has 0 spiro atoms. The van der Waals surface area contributed by atoms with E-state index >= 15 is 0 Å². The predicted octanol–water partition coefficient (Wildman–Crippen LogP) is 1.62. The molecule has 7 heteroatoms. The molecule has 2 aromatic rings. The van der Waals surface area contributed by atoms with E-state index < -0.39 is 0 Å². The fourth-order valence-electron chi connectivity index (χ4n) is 2.46. The van der Waals surface area contributed by atoms with Crippen molar-refractivity contribution in [3.63, 3.8) is 0 Å². The normalized spacial score (nSPS) is 17.6. The molecule has 1 atom stereocenters. The van der Waals surface area contributed by atoms with Crippen molar-refractivity contribution in [2.75, 3.05) is 13.2 Å². The van der Waals surface area contributed by atoms with Crippen molar-refractivity contribution in [1.82, 2.24) is 20.3 Å². The second-order valence-electron chi connectivity index (χ2n) is 5.32. The lowest BCUT2D eigenvalue weighted by Gasteiger charge is -2.09. The number of carbonyl (C=O) groups is 1. The Balaban J connectivity index is 1.68. The third-order valence-electron chi connectivity index (χ3n) is 3.65. The van der Waals surface area contributed by atoms with Gasteiger partial charge in [0.15, 0.2) is 5.69 Å². The van der Waals surface area contributed by atoms with Gasteiger partial charge in [-0.1, -0.05) is 5.21 Å². The van der Waals surface area contributed by atoms with Gasteiger partial charge in [-0.25, -0.2) is 9.07 Å². The molecule has 0 saturated carbocycles. The van der Waals surface area contributed by atoms with Crippen LogP contribution in [0.3, 0.4) is 0 Å². The first-order valence-electron chi connectivity index (χ1n) is 7.22. The fraction of sp³-hybridized carbons (Fsp3) is 0.400. The van der Waals surface area contributed by atoms with Crippen LogP contribution in [-0.2, 0) is 4.74 Å². The lowest BCUT2D eigenvalue weighted by molar-refractivity contribution is 0.0853. The maximum atomic E-state index is 13.1. The molecular formula is C15H17FN4O2. The lowest BCUT2D eigenvalue weighted by atomic mass is 10.2. The maximum absolute atomic E-state index is 13.1. The van der Waals surface area contributed by atoms with Gasteiger partial charge in [-0.15, -0.1) is 5.10 Å². The Morgan fingerprint density at radius 2 is 2.41 bits per heavy atom. The number of nitrogens with zero attached hydrogens (tertiary/aromatic N) is 3. The first-order chi connectivity index (χ1) is 10.6. The highest BCUT2D eigenvalue weighted by Gasteiger charge is 2.18. The van der Waals surface area contributed by atoms with E-state index in [0.717, 1.165) is 25.0 Å². The second-order valence-corrected chi connectivity index (χ2v) is 5.32. The summed E-state index contributed by atoms with van der Waals surface area (Å²) < 4.78 is 20.0. The number of hydrogen-bond donors (Lipinski definition) is 1. The summed E-state index contributed by atoms with van der Waals surface area (Å²) in [5.41, 5.74) is 1.63. The van der Waals surface area contributed by atoms with Gasteiger partial charge in [0, 0.05) is 13.2 Å². The highest BCUT2D eigenvalue weighted by Crippen LogP contribution is 2.14. The molecule has 3 rings (SSSR count). The summed E-state index contributed by atoms with van der Waals surface area (Å²) in [4.78, 5) is 12.0. The highest BCUT2D eigenvalue weighted by atomic mass is 19.1. The average molecular weight is 304 g/mol. The zero-order chi connectivity index (χ0) is 15.5. The largest absolute Gasteiger partial charge is 0.376 e. The van der Waals surface area contributed by atoms with E-state index in [1.54, 1.807) is 13.0 Å².